The van der Waals surface area contributed by atoms with Crippen molar-refractivity contribution in [1.82, 2.24) is 0 Å². The van der Waals surface area contributed by atoms with Crippen LogP contribution in [0, 0.1) is 16.0 Å². The number of nitro groups is 1. The van der Waals surface area contributed by atoms with Gasteiger partial charge in [-0.05, 0) is 24.8 Å². The summed E-state index contributed by atoms with van der Waals surface area (Å²) in [6.45, 7) is 0.768. The van der Waals surface area contributed by atoms with Crippen LogP contribution in [-0.2, 0) is 0 Å². The van der Waals surface area contributed by atoms with Gasteiger partial charge in [-0.25, -0.2) is 0 Å². The second-order valence-electron chi connectivity index (χ2n) is 4.42. The molecule has 1 aliphatic carbocycles. The molecule has 0 aromatic heterocycles. The molecule has 0 bridgehead atoms. The minimum absolute atomic E-state index is 0.0514. The first-order valence-corrected chi connectivity index (χ1v) is 6.23. The van der Waals surface area contributed by atoms with Crippen molar-refractivity contribution < 1.29 is 4.92 Å². The first-order chi connectivity index (χ1) is 8.18. The fourth-order valence-corrected chi connectivity index (χ4v) is 2.54. The number of hydrogen-bond acceptors (Lipinski definition) is 3. The third-order valence-electron chi connectivity index (χ3n) is 3.23. The lowest BCUT2D eigenvalue weighted by atomic mass is 10.1. The summed E-state index contributed by atoms with van der Waals surface area (Å²) in [6.07, 6.45) is 4.92. The number of halogens is 1. The molecule has 0 atom stereocenters. The Morgan fingerprint density at radius 1 is 1.41 bits per heavy atom. The minimum Gasteiger partial charge on any atom is -0.378 e. The second-order valence-corrected chi connectivity index (χ2v) is 4.83. The van der Waals surface area contributed by atoms with Gasteiger partial charge in [-0.2, -0.15) is 0 Å². The van der Waals surface area contributed by atoms with E-state index in [2.05, 4.69) is 5.32 Å². The molecule has 92 valence electrons. The fourth-order valence-electron chi connectivity index (χ4n) is 2.30. The molecule has 2 rings (SSSR count). The van der Waals surface area contributed by atoms with E-state index in [1.165, 1.54) is 31.7 Å². The van der Waals surface area contributed by atoms with E-state index in [1.807, 2.05) is 0 Å². The van der Waals surface area contributed by atoms with Crippen molar-refractivity contribution in [2.75, 3.05) is 11.9 Å². The Morgan fingerprint density at radius 2 is 2.12 bits per heavy atom. The van der Waals surface area contributed by atoms with E-state index < -0.39 is 4.92 Å². The molecule has 0 spiro atoms. The lowest BCUT2D eigenvalue weighted by Gasteiger charge is -2.12. The van der Waals surface area contributed by atoms with E-state index in [4.69, 9.17) is 11.6 Å². The number of anilines is 1. The number of para-hydroxylation sites is 1. The Labute approximate surface area is 105 Å². The van der Waals surface area contributed by atoms with Crippen LogP contribution in [0.3, 0.4) is 0 Å². The van der Waals surface area contributed by atoms with Gasteiger partial charge in [-0.1, -0.05) is 30.5 Å². The number of rotatable bonds is 4. The maximum atomic E-state index is 10.9. The van der Waals surface area contributed by atoms with Crippen LogP contribution in [0.4, 0.5) is 11.4 Å². The summed E-state index contributed by atoms with van der Waals surface area (Å²) < 4.78 is 0. The fraction of sp³-hybridized carbons (Fsp3) is 0.500. The van der Waals surface area contributed by atoms with E-state index in [0.29, 0.717) is 16.6 Å². The van der Waals surface area contributed by atoms with Gasteiger partial charge in [0.15, 0.2) is 0 Å². The largest absolute Gasteiger partial charge is 0.378 e. The zero-order valence-corrected chi connectivity index (χ0v) is 10.2. The number of nitro benzene ring substituents is 1. The normalized spacial score (nSPS) is 16.1. The molecule has 1 N–H and O–H groups in total. The van der Waals surface area contributed by atoms with Crippen LogP contribution in [0.25, 0.3) is 0 Å². The van der Waals surface area contributed by atoms with Crippen molar-refractivity contribution in [3.05, 3.63) is 33.3 Å². The topological polar surface area (TPSA) is 55.2 Å². The highest BCUT2D eigenvalue weighted by atomic mass is 35.5. The van der Waals surface area contributed by atoms with Crippen LogP contribution < -0.4 is 5.32 Å². The summed E-state index contributed by atoms with van der Waals surface area (Å²) in [5, 5.41) is 14.4. The monoisotopic (exact) mass is 254 g/mol. The highest BCUT2D eigenvalue weighted by Gasteiger charge is 2.19. The Hall–Kier alpha value is -1.29. The summed E-state index contributed by atoms with van der Waals surface area (Å²) in [6, 6.07) is 4.75. The predicted molar refractivity (Wildman–Crippen MR) is 68.6 cm³/mol. The van der Waals surface area contributed by atoms with Gasteiger partial charge in [0.2, 0.25) is 0 Å². The number of hydrogen-bond donors (Lipinski definition) is 1. The smallest absolute Gasteiger partial charge is 0.293 e. The number of nitrogens with zero attached hydrogens (tertiary/aromatic N) is 1. The molecule has 1 aromatic rings. The van der Waals surface area contributed by atoms with E-state index >= 15 is 0 Å². The third-order valence-corrected chi connectivity index (χ3v) is 3.55. The molecule has 1 aliphatic rings. The summed E-state index contributed by atoms with van der Waals surface area (Å²) in [5.41, 5.74) is 0.501. The maximum Gasteiger partial charge on any atom is 0.293 e. The average molecular weight is 255 g/mol. The van der Waals surface area contributed by atoms with Gasteiger partial charge in [0, 0.05) is 12.6 Å². The van der Waals surface area contributed by atoms with Crippen LogP contribution in [0.1, 0.15) is 25.7 Å². The van der Waals surface area contributed by atoms with Gasteiger partial charge in [0.1, 0.15) is 5.69 Å². The lowest BCUT2D eigenvalue weighted by molar-refractivity contribution is -0.383. The standard InChI is InChI=1S/C12H15ClN2O2/c13-10-6-3-7-11(15(16)17)12(10)14-8-9-4-1-2-5-9/h3,6-7,9,14H,1-2,4-5,8H2. The van der Waals surface area contributed by atoms with Crippen molar-refractivity contribution in [2.45, 2.75) is 25.7 Å². The van der Waals surface area contributed by atoms with Crippen molar-refractivity contribution in [3.8, 4) is 0 Å². The zero-order valence-electron chi connectivity index (χ0n) is 9.49. The SMILES string of the molecule is O=[N+]([O-])c1cccc(Cl)c1NCC1CCCC1. The third kappa shape index (κ3) is 2.88. The average Bonchev–Trinajstić information content (AvgIpc) is 2.80. The predicted octanol–water partition coefficient (Wildman–Crippen LogP) is 3.85. The van der Waals surface area contributed by atoms with Crippen LogP contribution >= 0.6 is 11.6 Å². The Kier molecular flexibility index (Phi) is 3.84. The molecule has 4 nitrogen and oxygen atoms in total. The quantitative estimate of drug-likeness (QED) is 0.656. The van der Waals surface area contributed by atoms with Crippen molar-refractivity contribution in [2.24, 2.45) is 5.92 Å². The van der Waals surface area contributed by atoms with Gasteiger partial charge in [-0.15, -0.1) is 0 Å². The van der Waals surface area contributed by atoms with Gasteiger partial charge in [0.25, 0.3) is 5.69 Å². The molecule has 1 fully saturated rings. The summed E-state index contributed by atoms with van der Waals surface area (Å²) in [4.78, 5) is 10.5. The maximum absolute atomic E-state index is 10.9. The Balaban J connectivity index is 2.10. The Morgan fingerprint density at radius 3 is 2.76 bits per heavy atom. The van der Waals surface area contributed by atoms with Gasteiger partial charge in [-0.3, -0.25) is 10.1 Å². The van der Waals surface area contributed by atoms with Crippen molar-refractivity contribution in [1.29, 1.82) is 0 Å². The molecule has 5 heteroatoms. The van der Waals surface area contributed by atoms with E-state index in [0.717, 1.165) is 6.54 Å². The molecule has 0 radical (unpaired) electrons. The molecule has 0 saturated heterocycles. The summed E-state index contributed by atoms with van der Waals surface area (Å²) in [5.74, 6) is 0.617. The molecule has 1 saturated carbocycles. The van der Waals surface area contributed by atoms with Crippen LogP contribution in [-0.4, -0.2) is 11.5 Å². The molecule has 0 heterocycles. The van der Waals surface area contributed by atoms with E-state index in [-0.39, 0.29) is 5.69 Å². The van der Waals surface area contributed by atoms with Crippen molar-refractivity contribution >= 4 is 23.0 Å². The minimum atomic E-state index is -0.400. The molecular formula is C12H15ClN2O2. The summed E-state index contributed by atoms with van der Waals surface area (Å²) in [7, 11) is 0. The first kappa shape index (κ1) is 12.2. The molecule has 0 unspecified atom stereocenters. The first-order valence-electron chi connectivity index (χ1n) is 5.85. The number of benzene rings is 1. The molecule has 0 aliphatic heterocycles. The van der Waals surface area contributed by atoms with E-state index in [1.54, 1.807) is 12.1 Å². The summed E-state index contributed by atoms with van der Waals surface area (Å²) >= 11 is 5.99. The van der Waals surface area contributed by atoms with Crippen LogP contribution in [0.5, 0.6) is 0 Å². The highest BCUT2D eigenvalue weighted by Crippen LogP contribution is 2.33. The Bertz CT molecular complexity index is 417. The second kappa shape index (κ2) is 5.36. The van der Waals surface area contributed by atoms with Gasteiger partial charge >= 0.3 is 0 Å². The molecule has 0 amide bonds. The zero-order chi connectivity index (χ0) is 12.3. The van der Waals surface area contributed by atoms with Gasteiger partial charge < -0.3 is 5.32 Å². The molecular weight excluding hydrogens is 240 g/mol. The van der Waals surface area contributed by atoms with E-state index in [9.17, 15) is 10.1 Å². The van der Waals surface area contributed by atoms with Crippen LogP contribution in [0.2, 0.25) is 5.02 Å². The number of nitrogens with one attached hydrogen (secondary N) is 1. The molecule has 17 heavy (non-hydrogen) atoms. The molecule has 1 aromatic carbocycles. The van der Waals surface area contributed by atoms with Gasteiger partial charge in [0.05, 0.1) is 9.95 Å². The lowest BCUT2D eigenvalue weighted by Crippen LogP contribution is -2.12. The highest BCUT2D eigenvalue weighted by molar-refractivity contribution is 6.33. The van der Waals surface area contributed by atoms with Crippen LogP contribution in [0.15, 0.2) is 18.2 Å². The van der Waals surface area contributed by atoms with Crippen molar-refractivity contribution in [3.63, 3.8) is 0 Å².